The van der Waals surface area contributed by atoms with Crippen LogP contribution in [0.15, 0.2) is 48.5 Å². The molecule has 0 fully saturated rings. The van der Waals surface area contributed by atoms with Crippen molar-refractivity contribution >= 4 is 5.69 Å². The van der Waals surface area contributed by atoms with Gasteiger partial charge in [0.2, 0.25) is 0 Å². The molecule has 2 N–H and O–H groups in total. The Balaban J connectivity index is 2.02. The molecule has 82 valence electrons. The monoisotopic (exact) mass is 213 g/mol. The van der Waals surface area contributed by atoms with Crippen molar-refractivity contribution in [2.75, 3.05) is 5.73 Å². The van der Waals surface area contributed by atoms with Crippen molar-refractivity contribution < 1.29 is 4.74 Å². The summed E-state index contributed by atoms with van der Waals surface area (Å²) in [4.78, 5) is 0. The lowest BCUT2D eigenvalue weighted by Crippen LogP contribution is -1.97. The minimum Gasteiger partial charge on any atom is -0.489 e. The Labute approximate surface area is 95.7 Å². The average molecular weight is 213 g/mol. The van der Waals surface area contributed by atoms with Crippen LogP contribution in [-0.4, -0.2) is 0 Å². The second kappa shape index (κ2) is 4.71. The molecule has 0 aliphatic carbocycles. The maximum absolute atomic E-state index is 5.72. The summed E-state index contributed by atoms with van der Waals surface area (Å²) in [6.45, 7) is 2.61. The summed E-state index contributed by atoms with van der Waals surface area (Å²) in [6.07, 6.45) is 0. The molecule has 0 atom stereocenters. The number of hydrogen-bond donors (Lipinski definition) is 1. The van der Waals surface area contributed by atoms with Gasteiger partial charge in [0, 0.05) is 5.69 Å². The molecule has 0 saturated carbocycles. The first-order chi connectivity index (χ1) is 7.75. The van der Waals surface area contributed by atoms with Crippen molar-refractivity contribution in [3.05, 3.63) is 59.7 Å². The SMILES string of the molecule is Cc1ccccc1OCc1ccc(N)cc1. The van der Waals surface area contributed by atoms with E-state index < -0.39 is 0 Å². The highest BCUT2D eigenvalue weighted by Crippen LogP contribution is 2.18. The number of anilines is 1. The first-order valence-corrected chi connectivity index (χ1v) is 5.28. The summed E-state index contributed by atoms with van der Waals surface area (Å²) >= 11 is 0. The van der Waals surface area contributed by atoms with Crippen LogP contribution >= 0.6 is 0 Å². The number of aryl methyl sites for hydroxylation is 1. The quantitative estimate of drug-likeness (QED) is 0.795. The number of rotatable bonds is 3. The lowest BCUT2D eigenvalue weighted by Gasteiger charge is -2.08. The van der Waals surface area contributed by atoms with Crippen LogP contribution in [0.5, 0.6) is 5.75 Å². The van der Waals surface area contributed by atoms with Crippen molar-refractivity contribution in [2.24, 2.45) is 0 Å². The zero-order chi connectivity index (χ0) is 11.4. The fourth-order valence-corrected chi connectivity index (χ4v) is 1.49. The van der Waals surface area contributed by atoms with E-state index in [4.69, 9.17) is 10.5 Å². The number of nitrogens with two attached hydrogens (primary N) is 1. The molecule has 0 saturated heterocycles. The fourth-order valence-electron chi connectivity index (χ4n) is 1.49. The van der Waals surface area contributed by atoms with Gasteiger partial charge in [0.05, 0.1) is 0 Å². The van der Waals surface area contributed by atoms with E-state index >= 15 is 0 Å². The Morgan fingerprint density at radius 1 is 1.00 bits per heavy atom. The van der Waals surface area contributed by atoms with Gasteiger partial charge >= 0.3 is 0 Å². The molecule has 0 aliphatic heterocycles. The van der Waals surface area contributed by atoms with E-state index in [1.807, 2.05) is 55.5 Å². The number of benzene rings is 2. The number of nitrogen functional groups attached to an aromatic ring is 1. The number of ether oxygens (including phenoxy) is 1. The zero-order valence-electron chi connectivity index (χ0n) is 9.31. The molecule has 16 heavy (non-hydrogen) atoms. The molecule has 0 amide bonds. The minimum absolute atomic E-state index is 0.575. The minimum atomic E-state index is 0.575. The molecular weight excluding hydrogens is 198 g/mol. The van der Waals surface area contributed by atoms with Gasteiger partial charge in [-0.3, -0.25) is 0 Å². The van der Waals surface area contributed by atoms with E-state index in [1.165, 1.54) is 0 Å². The molecule has 0 aromatic heterocycles. The van der Waals surface area contributed by atoms with Crippen molar-refractivity contribution in [3.63, 3.8) is 0 Å². The van der Waals surface area contributed by atoms with Crippen LogP contribution in [0.3, 0.4) is 0 Å². The van der Waals surface area contributed by atoms with E-state index in [-0.39, 0.29) is 0 Å². The first-order valence-electron chi connectivity index (χ1n) is 5.28. The van der Waals surface area contributed by atoms with Gasteiger partial charge in [-0.15, -0.1) is 0 Å². The Morgan fingerprint density at radius 2 is 1.69 bits per heavy atom. The molecule has 0 aliphatic rings. The van der Waals surface area contributed by atoms with E-state index in [2.05, 4.69) is 0 Å². The van der Waals surface area contributed by atoms with Gasteiger partial charge in [0.25, 0.3) is 0 Å². The summed E-state index contributed by atoms with van der Waals surface area (Å²) in [5.41, 5.74) is 8.67. The Bertz CT molecular complexity index is 462. The lowest BCUT2D eigenvalue weighted by atomic mass is 10.2. The second-order valence-electron chi connectivity index (χ2n) is 3.80. The number of para-hydroxylation sites is 1. The van der Waals surface area contributed by atoms with Gasteiger partial charge in [0.1, 0.15) is 12.4 Å². The molecule has 0 unspecified atom stereocenters. The first kappa shape index (κ1) is 10.6. The van der Waals surface area contributed by atoms with Crippen LogP contribution in [0.4, 0.5) is 5.69 Å². The summed E-state index contributed by atoms with van der Waals surface area (Å²) in [5, 5.41) is 0. The average Bonchev–Trinajstić information content (AvgIpc) is 2.30. The topological polar surface area (TPSA) is 35.2 Å². The molecule has 0 heterocycles. The van der Waals surface area contributed by atoms with Crippen LogP contribution in [0.1, 0.15) is 11.1 Å². The van der Waals surface area contributed by atoms with Crippen LogP contribution in [0, 0.1) is 6.92 Å². The number of hydrogen-bond acceptors (Lipinski definition) is 2. The predicted molar refractivity (Wildman–Crippen MR) is 66.4 cm³/mol. The van der Waals surface area contributed by atoms with E-state index in [0.29, 0.717) is 6.61 Å². The van der Waals surface area contributed by atoms with E-state index in [0.717, 1.165) is 22.6 Å². The summed E-state index contributed by atoms with van der Waals surface area (Å²) in [7, 11) is 0. The fraction of sp³-hybridized carbons (Fsp3) is 0.143. The van der Waals surface area contributed by atoms with Gasteiger partial charge in [-0.1, -0.05) is 30.3 Å². The summed E-state index contributed by atoms with van der Waals surface area (Å²) < 4.78 is 5.72. The van der Waals surface area contributed by atoms with Gasteiger partial charge in [-0.25, -0.2) is 0 Å². The predicted octanol–water partition coefficient (Wildman–Crippen LogP) is 3.16. The standard InChI is InChI=1S/C14H15NO/c1-11-4-2-3-5-14(11)16-10-12-6-8-13(15)9-7-12/h2-9H,10,15H2,1H3. The molecule has 0 bridgehead atoms. The largest absolute Gasteiger partial charge is 0.489 e. The van der Waals surface area contributed by atoms with Crippen molar-refractivity contribution in [3.8, 4) is 5.75 Å². The van der Waals surface area contributed by atoms with Gasteiger partial charge < -0.3 is 10.5 Å². The molecule has 0 spiro atoms. The van der Waals surface area contributed by atoms with Crippen LogP contribution in [-0.2, 0) is 6.61 Å². The molecule has 2 aromatic carbocycles. The van der Waals surface area contributed by atoms with E-state index in [9.17, 15) is 0 Å². The molecule has 2 aromatic rings. The van der Waals surface area contributed by atoms with Crippen LogP contribution < -0.4 is 10.5 Å². The van der Waals surface area contributed by atoms with Gasteiger partial charge in [0.15, 0.2) is 0 Å². The van der Waals surface area contributed by atoms with Crippen LogP contribution in [0.2, 0.25) is 0 Å². The third kappa shape index (κ3) is 2.54. The van der Waals surface area contributed by atoms with E-state index in [1.54, 1.807) is 0 Å². The maximum Gasteiger partial charge on any atom is 0.122 e. The maximum atomic E-state index is 5.72. The highest BCUT2D eigenvalue weighted by molar-refractivity contribution is 5.39. The third-order valence-corrected chi connectivity index (χ3v) is 2.47. The molecular formula is C14H15NO. The highest BCUT2D eigenvalue weighted by atomic mass is 16.5. The Hall–Kier alpha value is -1.96. The van der Waals surface area contributed by atoms with Crippen molar-refractivity contribution in [1.29, 1.82) is 0 Å². The molecule has 0 radical (unpaired) electrons. The Morgan fingerprint density at radius 3 is 2.38 bits per heavy atom. The third-order valence-electron chi connectivity index (χ3n) is 2.47. The lowest BCUT2D eigenvalue weighted by molar-refractivity contribution is 0.304. The van der Waals surface area contributed by atoms with Gasteiger partial charge in [-0.2, -0.15) is 0 Å². The summed E-state index contributed by atoms with van der Waals surface area (Å²) in [5.74, 6) is 0.930. The summed E-state index contributed by atoms with van der Waals surface area (Å²) in [6, 6.07) is 15.7. The smallest absolute Gasteiger partial charge is 0.122 e. The zero-order valence-corrected chi connectivity index (χ0v) is 9.31. The van der Waals surface area contributed by atoms with Crippen LogP contribution in [0.25, 0.3) is 0 Å². The van der Waals surface area contributed by atoms with Crippen molar-refractivity contribution in [2.45, 2.75) is 13.5 Å². The molecule has 2 rings (SSSR count). The molecule has 2 nitrogen and oxygen atoms in total. The normalized spacial score (nSPS) is 10.1. The van der Waals surface area contributed by atoms with Gasteiger partial charge in [-0.05, 0) is 36.2 Å². The highest BCUT2D eigenvalue weighted by Gasteiger charge is 1.98. The molecule has 2 heteroatoms. The second-order valence-corrected chi connectivity index (χ2v) is 3.80. The Kier molecular flexibility index (Phi) is 3.10. The van der Waals surface area contributed by atoms with Crippen molar-refractivity contribution in [1.82, 2.24) is 0 Å².